The molecule has 18 heavy (non-hydrogen) atoms. The third kappa shape index (κ3) is 1.65. The SMILES string of the molecule is CC1(O)C(c2ccccc2)=Nc2ccc(Cl)cc21. The molecule has 0 radical (unpaired) electrons. The van der Waals surface area contributed by atoms with Crippen LogP contribution < -0.4 is 0 Å². The van der Waals surface area contributed by atoms with Gasteiger partial charge in [-0.1, -0.05) is 41.9 Å². The first-order chi connectivity index (χ1) is 8.59. The molecule has 2 aromatic rings. The van der Waals surface area contributed by atoms with Crippen molar-refractivity contribution in [3.05, 3.63) is 64.7 Å². The van der Waals surface area contributed by atoms with Crippen LogP contribution in [0, 0.1) is 0 Å². The molecule has 2 nitrogen and oxygen atoms in total. The van der Waals surface area contributed by atoms with Gasteiger partial charge in [-0.15, -0.1) is 0 Å². The van der Waals surface area contributed by atoms with Gasteiger partial charge in [0.2, 0.25) is 0 Å². The molecule has 0 aliphatic carbocycles. The van der Waals surface area contributed by atoms with Gasteiger partial charge in [-0.25, -0.2) is 4.99 Å². The number of rotatable bonds is 1. The predicted octanol–water partition coefficient (Wildman–Crippen LogP) is 3.68. The molecule has 0 spiro atoms. The van der Waals surface area contributed by atoms with E-state index >= 15 is 0 Å². The Bertz CT molecular complexity index is 632. The van der Waals surface area contributed by atoms with Gasteiger partial charge < -0.3 is 5.11 Å². The van der Waals surface area contributed by atoms with E-state index in [4.69, 9.17) is 11.6 Å². The number of aliphatic hydroxyl groups is 1. The molecule has 0 saturated heterocycles. The summed E-state index contributed by atoms with van der Waals surface area (Å²) in [5.41, 5.74) is 2.04. The molecule has 2 aromatic carbocycles. The quantitative estimate of drug-likeness (QED) is 0.830. The Morgan fingerprint density at radius 1 is 1.11 bits per heavy atom. The lowest BCUT2D eigenvalue weighted by Crippen LogP contribution is -2.29. The Hall–Kier alpha value is -1.64. The van der Waals surface area contributed by atoms with Gasteiger partial charge in [0.1, 0.15) is 5.60 Å². The minimum atomic E-state index is -1.10. The van der Waals surface area contributed by atoms with E-state index in [0.29, 0.717) is 10.7 Å². The molecule has 1 unspecified atom stereocenters. The van der Waals surface area contributed by atoms with Crippen molar-refractivity contribution in [3.8, 4) is 0 Å². The Kier molecular flexibility index (Phi) is 2.51. The zero-order valence-electron chi connectivity index (χ0n) is 9.89. The third-order valence-electron chi connectivity index (χ3n) is 3.22. The smallest absolute Gasteiger partial charge is 0.131 e. The van der Waals surface area contributed by atoms with Crippen molar-refractivity contribution in [3.63, 3.8) is 0 Å². The van der Waals surface area contributed by atoms with Gasteiger partial charge in [-0.05, 0) is 30.7 Å². The number of hydrogen-bond acceptors (Lipinski definition) is 2. The highest BCUT2D eigenvalue weighted by Gasteiger charge is 2.38. The van der Waals surface area contributed by atoms with Crippen LogP contribution in [0.4, 0.5) is 5.69 Å². The summed E-state index contributed by atoms with van der Waals surface area (Å²) in [6.45, 7) is 1.75. The van der Waals surface area contributed by atoms with Crippen LogP contribution >= 0.6 is 11.6 Å². The molecule has 0 bridgehead atoms. The molecule has 1 aliphatic heterocycles. The van der Waals surface area contributed by atoms with Crippen LogP contribution in [0.2, 0.25) is 5.02 Å². The molecule has 0 aromatic heterocycles. The van der Waals surface area contributed by atoms with E-state index in [1.165, 1.54) is 0 Å². The fraction of sp³-hybridized carbons (Fsp3) is 0.133. The van der Waals surface area contributed by atoms with Gasteiger partial charge in [-0.2, -0.15) is 0 Å². The van der Waals surface area contributed by atoms with Crippen molar-refractivity contribution in [2.24, 2.45) is 4.99 Å². The first-order valence-corrected chi connectivity index (χ1v) is 6.14. The molecule has 0 saturated carbocycles. The number of nitrogens with zero attached hydrogens (tertiary/aromatic N) is 1. The van der Waals surface area contributed by atoms with Crippen LogP contribution in [0.15, 0.2) is 53.5 Å². The van der Waals surface area contributed by atoms with Crippen LogP contribution in [0.1, 0.15) is 18.1 Å². The van der Waals surface area contributed by atoms with Crippen molar-refractivity contribution >= 4 is 23.0 Å². The van der Waals surface area contributed by atoms with Crippen LogP contribution in [-0.4, -0.2) is 10.8 Å². The largest absolute Gasteiger partial charge is 0.379 e. The highest BCUT2D eigenvalue weighted by Crippen LogP contribution is 2.41. The van der Waals surface area contributed by atoms with E-state index in [0.717, 1.165) is 16.8 Å². The monoisotopic (exact) mass is 257 g/mol. The Balaban J connectivity index is 2.16. The fourth-order valence-electron chi connectivity index (χ4n) is 2.29. The zero-order chi connectivity index (χ0) is 12.8. The van der Waals surface area contributed by atoms with Gasteiger partial charge in [0, 0.05) is 10.6 Å². The second-order valence-corrected chi connectivity index (χ2v) is 5.00. The van der Waals surface area contributed by atoms with Gasteiger partial charge in [0.25, 0.3) is 0 Å². The van der Waals surface area contributed by atoms with Crippen LogP contribution in [0.3, 0.4) is 0 Å². The van der Waals surface area contributed by atoms with E-state index in [1.807, 2.05) is 36.4 Å². The fourth-order valence-corrected chi connectivity index (χ4v) is 2.47. The maximum atomic E-state index is 10.7. The summed E-state index contributed by atoms with van der Waals surface area (Å²) in [5, 5.41) is 11.3. The number of hydrogen-bond donors (Lipinski definition) is 1. The van der Waals surface area contributed by atoms with Gasteiger partial charge in [0.15, 0.2) is 0 Å². The average Bonchev–Trinajstić information content (AvgIpc) is 2.63. The molecule has 1 N–H and O–H groups in total. The van der Waals surface area contributed by atoms with E-state index in [2.05, 4.69) is 4.99 Å². The highest BCUT2D eigenvalue weighted by molar-refractivity contribution is 6.31. The first-order valence-electron chi connectivity index (χ1n) is 5.76. The van der Waals surface area contributed by atoms with Crippen LogP contribution in [-0.2, 0) is 5.60 Å². The molecular formula is C15H12ClNO. The molecule has 0 fully saturated rings. The molecule has 1 aliphatic rings. The molecular weight excluding hydrogens is 246 g/mol. The standard InChI is InChI=1S/C15H12ClNO/c1-15(18)12-9-11(16)7-8-13(12)17-14(15)10-5-3-2-4-6-10/h2-9,18H,1H3. The van der Waals surface area contributed by atoms with Crippen molar-refractivity contribution in [2.75, 3.05) is 0 Å². The molecule has 1 atom stereocenters. The minimum absolute atomic E-state index is 0.610. The number of benzene rings is 2. The summed E-state index contributed by atoms with van der Waals surface area (Å²) in [4.78, 5) is 4.52. The van der Waals surface area contributed by atoms with Crippen molar-refractivity contribution < 1.29 is 5.11 Å². The van der Waals surface area contributed by atoms with Crippen LogP contribution in [0.25, 0.3) is 0 Å². The second-order valence-electron chi connectivity index (χ2n) is 4.56. The molecule has 0 amide bonds. The zero-order valence-corrected chi connectivity index (χ0v) is 10.6. The lowest BCUT2D eigenvalue weighted by molar-refractivity contribution is 0.138. The summed E-state index contributed by atoms with van der Waals surface area (Å²) in [7, 11) is 0. The van der Waals surface area contributed by atoms with E-state index in [9.17, 15) is 5.11 Å². The summed E-state index contributed by atoms with van der Waals surface area (Å²) >= 11 is 5.98. The number of aliphatic imine (C=N–C) groups is 1. The normalized spacial score (nSPS) is 21.6. The van der Waals surface area contributed by atoms with Crippen molar-refractivity contribution in [2.45, 2.75) is 12.5 Å². The van der Waals surface area contributed by atoms with E-state index < -0.39 is 5.60 Å². The summed E-state index contributed by atoms with van der Waals surface area (Å²) in [5.74, 6) is 0. The molecule has 3 rings (SSSR count). The van der Waals surface area contributed by atoms with Gasteiger partial charge >= 0.3 is 0 Å². The van der Waals surface area contributed by atoms with E-state index in [-0.39, 0.29) is 0 Å². The van der Waals surface area contributed by atoms with Crippen LogP contribution in [0.5, 0.6) is 0 Å². The Labute approximate surface area is 111 Å². The number of halogens is 1. The Morgan fingerprint density at radius 3 is 2.56 bits per heavy atom. The molecule has 3 heteroatoms. The predicted molar refractivity (Wildman–Crippen MR) is 73.7 cm³/mol. The lowest BCUT2D eigenvalue weighted by atomic mass is 9.89. The average molecular weight is 258 g/mol. The second kappa shape index (κ2) is 3.94. The minimum Gasteiger partial charge on any atom is -0.379 e. The summed E-state index contributed by atoms with van der Waals surface area (Å²) < 4.78 is 0. The summed E-state index contributed by atoms with van der Waals surface area (Å²) in [6, 6.07) is 15.1. The molecule has 90 valence electrons. The van der Waals surface area contributed by atoms with Crippen molar-refractivity contribution in [1.82, 2.24) is 0 Å². The summed E-state index contributed by atoms with van der Waals surface area (Å²) in [6.07, 6.45) is 0. The molecule has 1 heterocycles. The van der Waals surface area contributed by atoms with Crippen molar-refractivity contribution in [1.29, 1.82) is 0 Å². The third-order valence-corrected chi connectivity index (χ3v) is 3.46. The highest BCUT2D eigenvalue weighted by atomic mass is 35.5. The first kappa shape index (κ1) is 11.5. The van der Waals surface area contributed by atoms with E-state index in [1.54, 1.807) is 19.1 Å². The lowest BCUT2D eigenvalue weighted by Gasteiger charge is -2.21. The Morgan fingerprint density at radius 2 is 1.83 bits per heavy atom. The number of fused-ring (bicyclic) bond motifs is 1. The van der Waals surface area contributed by atoms with Gasteiger partial charge in [-0.3, -0.25) is 0 Å². The topological polar surface area (TPSA) is 32.6 Å². The maximum absolute atomic E-state index is 10.7. The maximum Gasteiger partial charge on any atom is 0.131 e. The van der Waals surface area contributed by atoms with Gasteiger partial charge in [0.05, 0.1) is 11.4 Å².